The number of rotatable bonds is 4. The molecule has 0 aliphatic carbocycles. The topological polar surface area (TPSA) is 40.5 Å². The van der Waals surface area contributed by atoms with Gasteiger partial charge in [-0.3, -0.25) is 9.69 Å². The van der Waals surface area contributed by atoms with Crippen molar-refractivity contribution in [2.24, 2.45) is 5.92 Å². The van der Waals surface area contributed by atoms with Gasteiger partial charge in [0, 0.05) is 19.6 Å². The van der Waals surface area contributed by atoms with Crippen LogP contribution in [0.3, 0.4) is 0 Å². The number of benzene rings is 1. The highest BCUT2D eigenvalue weighted by Crippen LogP contribution is 2.15. The molecule has 0 atom stereocenters. The maximum atomic E-state index is 10.6. The zero-order chi connectivity index (χ0) is 11.4. The molecule has 3 nitrogen and oxygen atoms in total. The Bertz CT molecular complexity index is 380. The van der Waals surface area contributed by atoms with Gasteiger partial charge in [-0.15, -0.1) is 0 Å². The molecule has 1 aliphatic rings. The predicted molar refractivity (Wildman–Crippen MR) is 63.0 cm³/mol. The van der Waals surface area contributed by atoms with Gasteiger partial charge in [0.2, 0.25) is 0 Å². The van der Waals surface area contributed by atoms with Gasteiger partial charge in [-0.2, -0.15) is 0 Å². The first kappa shape index (κ1) is 10.9. The Morgan fingerprint density at radius 3 is 2.69 bits per heavy atom. The van der Waals surface area contributed by atoms with Crippen molar-refractivity contribution in [2.75, 3.05) is 19.6 Å². The SMILES string of the molecule is O=C(O)C1CN(CC=Cc2ccccc2)C1. The number of hydrogen-bond donors (Lipinski definition) is 1. The van der Waals surface area contributed by atoms with E-state index in [9.17, 15) is 4.79 Å². The number of carbonyl (C=O) groups is 1. The molecule has 1 fully saturated rings. The Labute approximate surface area is 95.0 Å². The molecule has 1 saturated heterocycles. The molecule has 1 aliphatic heterocycles. The van der Waals surface area contributed by atoms with Gasteiger partial charge >= 0.3 is 5.97 Å². The van der Waals surface area contributed by atoms with Crippen molar-refractivity contribution in [1.29, 1.82) is 0 Å². The Balaban J connectivity index is 1.74. The van der Waals surface area contributed by atoms with E-state index in [4.69, 9.17) is 5.11 Å². The van der Waals surface area contributed by atoms with Crippen LogP contribution >= 0.6 is 0 Å². The van der Waals surface area contributed by atoms with Gasteiger partial charge in [0.15, 0.2) is 0 Å². The molecule has 3 heteroatoms. The van der Waals surface area contributed by atoms with Crippen LogP contribution in [0.4, 0.5) is 0 Å². The minimum atomic E-state index is -0.678. The lowest BCUT2D eigenvalue weighted by molar-refractivity contribution is -0.147. The Morgan fingerprint density at radius 2 is 2.06 bits per heavy atom. The average molecular weight is 217 g/mol. The van der Waals surface area contributed by atoms with Crippen molar-refractivity contribution in [3.63, 3.8) is 0 Å². The fourth-order valence-corrected chi connectivity index (χ4v) is 1.78. The van der Waals surface area contributed by atoms with E-state index in [1.165, 1.54) is 5.56 Å². The molecule has 0 amide bonds. The molecule has 84 valence electrons. The van der Waals surface area contributed by atoms with Crippen molar-refractivity contribution in [3.8, 4) is 0 Å². The highest BCUT2D eigenvalue weighted by Gasteiger charge is 2.31. The first-order valence-corrected chi connectivity index (χ1v) is 5.42. The molecule has 0 spiro atoms. The third-order valence-corrected chi connectivity index (χ3v) is 2.78. The molecule has 16 heavy (non-hydrogen) atoms. The molecule has 0 saturated carbocycles. The van der Waals surface area contributed by atoms with Crippen molar-refractivity contribution < 1.29 is 9.90 Å². The van der Waals surface area contributed by atoms with Crippen LogP contribution in [0.2, 0.25) is 0 Å². The van der Waals surface area contributed by atoms with E-state index in [0.29, 0.717) is 13.1 Å². The van der Waals surface area contributed by atoms with E-state index in [2.05, 4.69) is 17.1 Å². The number of carboxylic acids is 1. The maximum absolute atomic E-state index is 10.6. The van der Waals surface area contributed by atoms with E-state index in [1.807, 2.05) is 30.3 Å². The molecule has 0 bridgehead atoms. The van der Waals surface area contributed by atoms with Crippen molar-refractivity contribution in [2.45, 2.75) is 0 Å². The smallest absolute Gasteiger partial charge is 0.309 e. The van der Waals surface area contributed by atoms with Gasteiger partial charge in [-0.25, -0.2) is 0 Å². The van der Waals surface area contributed by atoms with Crippen LogP contribution in [-0.2, 0) is 4.79 Å². The van der Waals surface area contributed by atoms with Gasteiger partial charge in [-0.1, -0.05) is 42.5 Å². The molecular formula is C13H15NO2. The van der Waals surface area contributed by atoms with Crippen molar-refractivity contribution >= 4 is 12.0 Å². The second-order valence-electron chi connectivity index (χ2n) is 4.07. The first-order chi connectivity index (χ1) is 7.75. The largest absolute Gasteiger partial charge is 0.481 e. The number of hydrogen-bond acceptors (Lipinski definition) is 2. The Hall–Kier alpha value is -1.61. The molecule has 1 N–H and O–H groups in total. The zero-order valence-electron chi connectivity index (χ0n) is 9.04. The molecular weight excluding hydrogens is 202 g/mol. The van der Waals surface area contributed by atoms with E-state index < -0.39 is 5.97 Å². The third kappa shape index (κ3) is 2.70. The van der Waals surface area contributed by atoms with E-state index >= 15 is 0 Å². The fourth-order valence-electron chi connectivity index (χ4n) is 1.78. The average Bonchev–Trinajstić information content (AvgIpc) is 2.22. The molecule has 0 aromatic heterocycles. The summed E-state index contributed by atoms with van der Waals surface area (Å²) in [6.45, 7) is 2.18. The highest BCUT2D eigenvalue weighted by molar-refractivity contribution is 5.71. The molecule has 0 unspecified atom stereocenters. The van der Waals surface area contributed by atoms with E-state index in [1.54, 1.807) is 0 Å². The summed E-state index contributed by atoms with van der Waals surface area (Å²) >= 11 is 0. The van der Waals surface area contributed by atoms with E-state index in [0.717, 1.165) is 6.54 Å². The summed E-state index contributed by atoms with van der Waals surface area (Å²) in [7, 11) is 0. The minimum absolute atomic E-state index is 0.162. The Morgan fingerprint density at radius 1 is 1.38 bits per heavy atom. The van der Waals surface area contributed by atoms with Crippen LogP contribution < -0.4 is 0 Å². The van der Waals surface area contributed by atoms with Gasteiger partial charge in [-0.05, 0) is 5.56 Å². The summed E-state index contributed by atoms with van der Waals surface area (Å²) < 4.78 is 0. The monoisotopic (exact) mass is 217 g/mol. The maximum Gasteiger partial charge on any atom is 0.309 e. The summed E-state index contributed by atoms with van der Waals surface area (Å²) in [4.78, 5) is 12.7. The Kier molecular flexibility index (Phi) is 3.37. The number of carboxylic acid groups (broad SMARTS) is 1. The highest BCUT2D eigenvalue weighted by atomic mass is 16.4. The second kappa shape index (κ2) is 4.94. The normalized spacial score (nSPS) is 17.5. The number of aliphatic carboxylic acids is 1. The van der Waals surface area contributed by atoms with Crippen LogP contribution in [0.15, 0.2) is 36.4 Å². The summed E-state index contributed by atoms with van der Waals surface area (Å²) in [6, 6.07) is 10.1. The van der Waals surface area contributed by atoms with Gasteiger partial charge in [0.25, 0.3) is 0 Å². The lowest BCUT2D eigenvalue weighted by Gasteiger charge is -2.35. The second-order valence-corrected chi connectivity index (χ2v) is 4.07. The van der Waals surface area contributed by atoms with Crippen molar-refractivity contribution in [1.82, 2.24) is 4.90 Å². The minimum Gasteiger partial charge on any atom is -0.481 e. The van der Waals surface area contributed by atoms with Crippen LogP contribution in [0.5, 0.6) is 0 Å². The summed E-state index contributed by atoms with van der Waals surface area (Å²) in [5.41, 5.74) is 1.18. The van der Waals surface area contributed by atoms with E-state index in [-0.39, 0.29) is 5.92 Å². The quantitative estimate of drug-likeness (QED) is 0.834. The molecule has 1 aromatic rings. The summed E-state index contributed by atoms with van der Waals surface area (Å²) in [5.74, 6) is -0.839. The summed E-state index contributed by atoms with van der Waals surface area (Å²) in [6.07, 6.45) is 4.14. The predicted octanol–water partition coefficient (Wildman–Crippen LogP) is 1.72. The van der Waals surface area contributed by atoms with Crippen LogP contribution in [0, 0.1) is 5.92 Å². The lowest BCUT2D eigenvalue weighted by Crippen LogP contribution is -2.50. The number of likely N-dealkylation sites (tertiary alicyclic amines) is 1. The van der Waals surface area contributed by atoms with Gasteiger partial charge in [0.05, 0.1) is 5.92 Å². The van der Waals surface area contributed by atoms with Gasteiger partial charge in [0.1, 0.15) is 0 Å². The molecule has 1 aromatic carbocycles. The summed E-state index contributed by atoms with van der Waals surface area (Å²) in [5, 5.41) is 8.71. The third-order valence-electron chi connectivity index (χ3n) is 2.78. The molecule has 0 radical (unpaired) electrons. The fraction of sp³-hybridized carbons (Fsp3) is 0.308. The van der Waals surface area contributed by atoms with Crippen molar-refractivity contribution in [3.05, 3.63) is 42.0 Å². The lowest BCUT2D eigenvalue weighted by atomic mass is 10.0. The van der Waals surface area contributed by atoms with Crippen LogP contribution in [0.25, 0.3) is 6.08 Å². The standard InChI is InChI=1S/C13H15NO2/c15-13(16)12-9-14(10-12)8-4-7-11-5-2-1-3-6-11/h1-7,12H,8-10H2,(H,15,16). The van der Waals surface area contributed by atoms with Crippen LogP contribution in [0.1, 0.15) is 5.56 Å². The zero-order valence-corrected chi connectivity index (χ0v) is 9.04. The molecule has 1 heterocycles. The van der Waals surface area contributed by atoms with Crippen LogP contribution in [-0.4, -0.2) is 35.6 Å². The molecule has 2 rings (SSSR count). The number of nitrogens with zero attached hydrogens (tertiary/aromatic N) is 1. The first-order valence-electron chi connectivity index (χ1n) is 5.42. The van der Waals surface area contributed by atoms with Gasteiger partial charge < -0.3 is 5.11 Å².